The van der Waals surface area contributed by atoms with E-state index in [9.17, 15) is 14.7 Å². The highest BCUT2D eigenvalue weighted by molar-refractivity contribution is 9.10. The van der Waals surface area contributed by atoms with E-state index in [1.807, 2.05) is 53.8 Å². The number of aromatic hydroxyl groups is 1. The average Bonchev–Trinajstić information content (AvgIpc) is 3.65. The third kappa shape index (κ3) is 6.68. The van der Waals surface area contributed by atoms with E-state index < -0.39 is 5.54 Å². The van der Waals surface area contributed by atoms with E-state index in [1.54, 1.807) is 36.4 Å². The topological polar surface area (TPSA) is 113 Å². The van der Waals surface area contributed by atoms with Crippen LogP contribution in [0.5, 0.6) is 17.2 Å². The Hall–Kier alpha value is -3.75. The quantitative estimate of drug-likeness (QED) is 0.165. The lowest BCUT2D eigenvalue weighted by atomic mass is 9.80. The van der Waals surface area contributed by atoms with Crippen molar-refractivity contribution in [3.05, 3.63) is 91.3 Å². The number of phenols is 1. The summed E-state index contributed by atoms with van der Waals surface area (Å²) in [5, 5.41) is 17.4. The summed E-state index contributed by atoms with van der Waals surface area (Å²) in [5.74, 6) is 0.683. The summed E-state index contributed by atoms with van der Waals surface area (Å²) in [7, 11) is 3.11. The van der Waals surface area contributed by atoms with E-state index in [-0.39, 0.29) is 37.1 Å². The SMILES string of the molecule is COc1ccc2c(c1)CCN(OCCN1C(=O)C(=Cc3cc(Br)c(O)c(OC)c3)c3cc(Br)ccc31)C2(C)CC(=O)Nc1nccs1. The van der Waals surface area contributed by atoms with Crippen LogP contribution in [-0.4, -0.2) is 60.9 Å². The van der Waals surface area contributed by atoms with Gasteiger partial charge in [-0.3, -0.25) is 14.4 Å². The lowest BCUT2D eigenvalue weighted by Gasteiger charge is -2.44. The van der Waals surface area contributed by atoms with Crippen molar-refractivity contribution in [3.8, 4) is 17.2 Å². The lowest BCUT2D eigenvalue weighted by Crippen LogP contribution is -2.51. The van der Waals surface area contributed by atoms with E-state index in [4.69, 9.17) is 14.3 Å². The molecule has 3 heterocycles. The smallest absolute Gasteiger partial charge is 0.259 e. The Bertz CT molecular complexity index is 1870. The first-order valence-corrected chi connectivity index (χ1v) is 17.2. The predicted octanol–water partition coefficient (Wildman–Crippen LogP) is 7.01. The second kappa shape index (κ2) is 13.8. The Morgan fingerprint density at radius 2 is 1.98 bits per heavy atom. The van der Waals surface area contributed by atoms with Gasteiger partial charge in [-0.05, 0) is 94.5 Å². The molecular formula is C34H32Br2N4O6S. The Morgan fingerprint density at radius 3 is 2.72 bits per heavy atom. The lowest BCUT2D eigenvalue weighted by molar-refractivity contribution is -0.226. The van der Waals surface area contributed by atoms with E-state index in [1.165, 1.54) is 18.4 Å². The Kier molecular flexibility index (Phi) is 9.72. The fourth-order valence-electron chi connectivity index (χ4n) is 6.12. The van der Waals surface area contributed by atoms with Crippen molar-refractivity contribution in [2.75, 3.05) is 44.1 Å². The van der Waals surface area contributed by atoms with E-state index in [2.05, 4.69) is 42.2 Å². The zero-order valence-corrected chi connectivity index (χ0v) is 29.9. The van der Waals surface area contributed by atoms with Crippen LogP contribution in [0.2, 0.25) is 0 Å². The number of amides is 2. The first kappa shape index (κ1) is 33.2. The van der Waals surface area contributed by atoms with E-state index in [0.29, 0.717) is 39.5 Å². The van der Waals surface area contributed by atoms with Crippen molar-refractivity contribution in [2.24, 2.45) is 0 Å². The molecule has 2 aliphatic heterocycles. The molecule has 1 unspecified atom stereocenters. The molecule has 244 valence electrons. The molecule has 1 atom stereocenters. The number of hydroxylamine groups is 2. The van der Waals surface area contributed by atoms with Gasteiger partial charge in [-0.2, -0.15) is 5.06 Å². The molecule has 0 bridgehead atoms. The summed E-state index contributed by atoms with van der Waals surface area (Å²) in [6.45, 7) is 3.02. The number of methoxy groups -OCH3 is 2. The molecule has 0 radical (unpaired) electrons. The van der Waals surface area contributed by atoms with Crippen LogP contribution in [0.1, 0.15) is 35.6 Å². The minimum atomic E-state index is -0.796. The summed E-state index contributed by atoms with van der Waals surface area (Å²) in [6.07, 6.45) is 4.27. The number of ether oxygens (including phenoxy) is 2. The summed E-state index contributed by atoms with van der Waals surface area (Å²) < 4.78 is 12.1. The van der Waals surface area contributed by atoms with Crippen molar-refractivity contribution in [1.29, 1.82) is 0 Å². The van der Waals surface area contributed by atoms with Gasteiger partial charge < -0.3 is 24.8 Å². The van der Waals surface area contributed by atoms with Gasteiger partial charge in [-0.1, -0.05) is 22.0 Å². The zero-order valence-electron chi connectivity index (χ0n) is 25.9. The second-order valence-electron chi connectivity index (χ2n) is 11.3. The van der Waals surface area contributed by atoms with Gasteiger partial charge in [0.25, 0.3) is 5.91 Å². The van der Waals surface area contributed by atoms with Crippen molar-refractivity contribution in [1.82, 2.24) is 10.0 Å². The fourth-order valence-corrected chi connectivity index (χ4v) is 7.48. The molecule has 2 N–H and O–H groups in total. The number of halogens is 2. The highest BCUT2D eigenvalue weighted by atomic mass is 79.9. The molecule has 0 spiro atoms. The number of anilines is 2. The molecule has 13 heteroatoms. The molecule has 0 saturated carbocycles. The molecule has 2 amide bonds. The normalized spacial score (nSPS) is 18.3. The summed E-state index contributed by atoms with van der Waals surface area (Å²) in [5.41, 5.74) is 4.01. The van der Waals surface area contributed by atoms with E-state index >= 15 is 0 Å². The molecule has 2 aliphatic rings. The summed E-state index contributed by atoms with van der Waals surface area (Å²) >= 11 is 8.28. The predicted molar refractivity (Wildman–Crippen MR) is 189 cm³/mol. The van der Waals surface area contributed by atoms with Gasteiger partial charge in [-0.15, -0.1) is 11.3 Å². The number of rotatable bonds is 10. The molecule has 0 aliphatic carbocycles. The maximum Gasteiger partial charge on any atom is 0.259 e. The maximum absolute atomic E-state index is 13.9. The van der Waals surface area contributed by atoms with Crippen LogP contribution in [0.3, 0.4) is 0 Å². The van der Waals surface area contributed by atoms with Gasteiger partial charge in [-0.25, -0.2) is 4.98 Å². The maximum atomic E-state index is 13.9. The molecule has 1 aromatic heterocycles. The molecule has 3 aromatic carbocycles. The van der Waals surface area contributed by atoms with Crippen LogP contribution in [0.15, 0.2) is 69.1 Å². The van der Waals surface area contributed by atoms with Gasteiger partial charge in [0.05, 0.1) is 49.5 Å². The van der Waals surface area contributed by atoms with Crippen molar-refractivity contribution in [3.63, 3.8) is 0 Å². The number of nitrogens with one attached hydrogen (secondary N) is 1. The second-order valence-corrected chi connectivity index (χ2v) is 13.9. The van der Waals surface area contributed by atoms with Crippen LogP contribution in [-0.2, 0) is 26.4 Å². The van der Waals surface area contributed by atoms with Gasteiger partial charge in [0.15, 0.2) is 16.6 Å². The third-order valence-corrected chi connectivity index (χ3v) is 10.2. The molecule has 0 fully saturated rings. The first-order valence-electron chi connectivity index (χ1n) is 14.8. The number of phenolic OH excluding ortho intramolecular Hbond substituents is 1. The average molecular weight is 785 g/mol. The highest BCUT2D eigenvalue weighted by Crippen LogP contribution is 2.43. The number of hydrogen-bond donors (Lipinski definition) is 2. The van der Waals surface area contributed by atoms with Gasteiger partial charge in [0, 0.05) is 33.7 Å². The Morgan fingerprint density at radius 1 is 1.15 bits per heavy atom. The Balaban J connectivity index is 1.24. The number of thiazole rings is 1. The third-order valence-electron chi connectivity index (χ3n) is 8.37. The van der Waals surface area contributed by atoms with Crippen LogP contribution >= 0.6 is 43.2 Å². The minimum Gasteiger partial charge on any atom is -0.503 e. The monoisotopic (exact) mass is 782 g/mol. The van der Waals surface area contributed by atoms with Crippen LogP contribution in [0.25, 0.3) is 11.6 Å². The number of carbonyl (C=O) groups excluding carboxylic acids is 2. The number of carbonyl (C=O) groups is 2. The van der Waals surface area contributed by atoms with Crippen molar-refractivity contribution >= 4 is 77.5 Å². The first-order chi connectivity index (χ1) is 22.6. The zero-order chi connectivity index (χ0) is 33.3. The van der Waals surface area contributed by atoms with Gasteiger partial charge in [0.1, 0.15) is 5.75 Å². The molecule has 0 saturated heterocycles. The number of nitrogens with zero attached hydrogens (tertiary/aromatic N) is 3. The standard InChI is InChI=1S/C34H32Br2N4O6S/c1-34(19-30(41)38-33-37-9-13-47-33)26-6-5-23(44-2)17-21(26)8-10-40(34)46-12-11-39-28-7-4-22(35)18-24(28)25(32(39)43)14-20-15-27(36)31(42)29(16-20)45-3/h4-7,9,13-18,42H,8,10-12,19H2,1-3H3,(H,37,38,41). The van der Waals surface area contributed by atoms with E-state index in [0.717, 1.165) is 32.6 Å². The highest BCUT2D eigenvalue weighted by Gasteiger charge is 2.42. The fraction of sp³-hybridized carbons (Fsp3) is 0.265. The van der Waals surface area contributed by atoms with Gasteiger partial charge in [0.2, 0.25) is 5.91 Å². The molecular weight excluding hydrogens is 752 g/mol. The number of hydrogen-bond acceptors (Lipinski definition) is 9. The number of fused-ring (bicyclic) bond motifs is 2. The minimum absolute atomic E-state index is 0.0125. The largest absolute Gasteiger partial charge is 0.503 e. The molecule has 10 nitrogen and oxygen atoms in total. The Labute approximate surface area is 293 Å². The molecule has 4 aromatic rings. The molecule has 6 rings (SSSR count). The summed E-state index contributed by atoms with van der Waals surface area (Å²) in [6, 6.07) is 15.0. The number of benzene rings is 3. The summed E-state index contributed by atoms with van der Waals surface area (Å²) in [4.78, 5) is 39.5. The van der Waals surface area contributed by atoms with Crippen LogP contribution in [0.4, 0.5) is 10.8 Å². The van der Waals surface area contributed by atoms with Crippen LogP contribution < -0.4 is 19.7 Å². The van der Waals surface area contributed by atoms with Gasteiger partial charge >= 0.3 is 0 Å². The van der Waals surface area contributed by atoms with Crippen LogP contribution in [0, 0.1) is 0 Å². The number of aromatic nitrogens is 1. The van der Waals surface area contributed by atoms with Crippen molar-refractivity contribution in [2.45, 2.75) is 25.3 Å². The molecule has 47 heavy (non-hydrogen) atoms. The van der Waals surface area contributed by atoms with Crippen molar-refractivity contribution < 1.29 is 29.0 Å².